The van der Waals surface area contributed by atoms with E-state index in [1.165, 1.54) is 0 Å². The third kappa shape index (κ3) is 2.19. The third-order valence-corrected chi connectivity index (χ3v) is 3.56. The van der Waals surface area contributed by atoms with E-state index in [9.17, 15) is 0 Å². The number of nitrogen functional groups attached to an aromatic ring is 1. The largest absolute Gasteiger partial charge is 0.396 e. The predicted octanol–water partition coefficient (Wildman–Crippen LogP) is 1.90. The maximum Gasteiger partial charge on any atom is 0.0738 e. The molecule has 0 aliphatic carbocycles. The molecule has 0 bridgehead atoms. The summed E-state index contributed by atoms with van der Waals surface area (Å²) in [6.07, 6.45) is 3.44. The minimum Gasteiger partial charge on any atom is -0.396 e. The van der Waals surface area contributed by atoms with Crippen molar-refractivity contribution >= 4 is 11.4 Å². The van der Waals surface area contributed by atoms with Crippen LogP contribution in [0.3, 0.4) is 0 Å². The monoisotopic (exact) mass is 230 g/mol. The Balaban J connectivity index is 2.21. The molecule has 0 aromatic carbocycles. The van der Waals surface area contributed by atoms with E-state index in [0.717, 1.165) is 18.8 Å². The van der Waals surface area contributed by atoms with Gasteiger partial charge in [0.05, 0.1) is 29.6 Å². The van der Waals surface area contributed by atoms with E-state index < -0.39 is 0 Å². The first-order valence-corrected chi connectivity index (χ1v) is 5.97. The topological polar surface area (TPSA) is 65.9 Å². The van der Waals surface area contributed by atoms with Gasteiger partial charge in [-0.25, -0.2) is 0 Å². The molecular formula is C13H18N4. The van der Waals surface area contributed by atoms with Crippen molar-refractivity contribution < 1.29 is 0 Å². The summed E-state index contributed by atoms with van der Waals surface area (Å²) in [7, 11) is 0. The van der Waals surface area contributed by atoms with Gasteiger partial charge in [-0.05, 0) is 17.9 Å². The Morgan fingerprint density at radius 2 is 2.06 bits per heavy atom. The van der Waals surface area contributed by atoms with Crippen molar-refractivity contribution in [1.29, 1.82) is 5.26 Å². The number of anilines is 2. The number of hydrogen-bond acceptors (Lipinski definition) is 4. The van der Waals surface area contributed by atoms with Gasteiger partial charge in [-0.2, -0.15) is 5.26 Å². The highest BCUT2D eigenvalue weighted by molar-refractivity contribution is 5.66. The Bertz CT molecular complexity index is 425. The summed E-state index contributed by atoms with van der Waals surface area (Å²) in [5.74, 6) is 0.891. The molecule has 2 heterocycles. The maximum atomic E-state index is 9.14. The summed E-state index contributed by atoms with van der Waals surface area (Å²) in [6.45, 7) is 6.04. The van der Waals surface area contributed by atoms with Crippen molar-refractivity contribution in [3.8, 4) is 6.07 Å². The molecular weight excluding hydrogens is 212 g/mol. The van der Waals surface area contributed by atoms with Crippen LogP contribution in [0.15, 0.2) is 18.5 Å². The lowest BCUT2D eigenvalue weighted by molar-refractivity contribution is 0.279. The van der Waals surface area contributed by atoms with E-state index in [4.69, 9.17) is 11.0 Å². The number of piperidine rings is 1. The van der Waals surface area contributed by atoms with Gasteiger partial charge in [0.25, 0.3) is 0 Å². The Hall–Kier alpha value is -1.76. The van der Waals surface area contributed by atoms with Gasteiger partial charge >= 0.3 is 0 Å². The first kappa shape index (κ1) is 11.7. The summed E-state index contributed by atoms with van der Waals surface area (Å²) >= 11 is 0. The molecule has 2 N–H and O–H groups in total. The normalized spacial score (nSPS) is 28.8. The quantitative estimate of drug-likeness (QED) is 0.800. The van der Waals surface area contributed by atoms with Crippen molar-refractivity contribution in [2.75, 3.05) is 23.7 Å². The summed E-state index contributed by atoms with van der Waals surface area (Å²) < 4.78 is 0. The summed E-state index contributed by atoms with van der Waals surface area (Å²) in [5, 5.41) is 9.14. The fourth-order valence-electron chi connectivity index (χ4n) is 2.70. The van der Waals surface area contributed by atoms with Gasteiger partial charge in [0.1, 0.15) is 0 Å². The highest BCUT2D eigenvalue weighted by atomic mass is 15.2. The first-order chi connectivity index (χ1) is 8.13. The molecule has 0 radical (unpaired) electrons. The van der Waals surface area contributed by atoms with Crippen molar-refractivity contribution in [3.63, 3.8) is 0 Å². The van der Waals surface area contributed by atoms with Gasteiger partial charge in [-0.1, -0.05) is 13.8 Å². The number of nitrogens with zero attached hydrogens (tertiary/aromatic N) is 3. The second-order valence-electron chi connectivity index (χ2n) is 4.95. The van der Waals surface area contributed by atoms with Crippen LogP contribution < -0.4 is 10.6 Å². The SMILES string of the molecule is C[C@@H]1CN(c2ccncc2N)C[C@H](C)[C@@H]1C#N. The van der Waals surface area contributed by atoms with Crippen molar-refractivity contribution in [2.24, 2.45) is 17.8 Å². The van der Waals surface area contributed by atoms with Crippen molar-refractivity contribution in [3.05, 3.63) is 18.5 Å². The predicted molar refractivity (Wildman–Crippen MR) is 68.3 cm³/mol. The average Bonchev–Trinajstić information content (AvgIpc) is 2.29. The summed E-state index contributed by atoms with van der Waals surface area (Å²) in [5.41, 5.74) is 7.69. The molecule has 1 aromatic heterocycles. The van der Waals surface area contributed by atoms with Gasteiger partial charge in [0, 0.05) is 19.3 Å². The third-order valence-electron chi connectivity index (χ3n) is 3.56. The highest BCUT2D eigenvalue weighted by Crippen LogP contribution is 2.32. The minimum absolute atomic E-state index is 0.148. The zero-order chi connectivity index (χ0) is 12.4. The number of pyridine rings is 1. The number of aromatic nitrogens is 1. The van der Waals surface area contributed by atoms with Crippen LogP contribution in [0, 0.1) is 29.1 Å². The van der Waals surface area contributed by atoms with Crippen LogP contribution in [0.4, 0.5) is 11.4 Å². The second kappa shape index (κ2) is 4.62. The molecule has 4 nitrogen and oxygen atoms in total. The fraction of sp³-hybridized carbons (Fsp3) is 0.538. The summed E-state index contributed by atoms with van der Waals surface area (Å²) in [6, 6.07) is 4.37. The van der Waals surface area contributed by atoms with Crippen LogP contribution in [-0.2, 0) is 0 Å². The molecule has 0 spiro atoms. The molecule has 1 aliphatic rings. The lowest BCUT2D eigenvalue weighted by atomic mass is 9.80. The molecule has 1 aliphatic heterocycles. The van der Waals surface area contributed by atoms with E-state index in [1.807, 2.05) is 6.07 Å². The highest BCUT2D eigenvalue weighted by Gasteiger charge is 2.32. The zero-order valence-corrected chi connectivity index (χ0v) is 10.3. The Morgan fingerprint density at radius 3 is 2.59 bits per heavy atom. The fourth-order valence-corrected chi connectivity index (χ4v) is 2.70. The molecule has 1 fully saturated rings. The van der Waals surface area contributed by atoms with E-state index >= 15 is 0 Å². The van der Waals surface area contributed by atoms with Crippen molar-refractivity contribution in [2.45, 2.75) is 13.8 Å². The van der Waals surface area contributed by atoms with E-state index in [2.05, 4.69) is 29.8 Å². The Kier molecular flexibility index (Phi) is 3.19. The van der Waals surface area contributed by atoms with Crippen LogP contribution in [-0.4, -0.2) is 18.1 Å². The molecule has 17 heavy (non-hydrogen) atoms. The zero-order valence-electron chi connectivity index (χ0n) is 10.3. The van der Waals surface area contributed by atoms with Gasteiger partial charge in [-0.15, -0.1) is 0 Å². The van der Waals surface area contributed by atoms with Crippen molar-refractivity contribution in [1.82, 2.24) is 4.98 Å². The molecule has 1 aromatic rings. The molecule has 90 valence electrons. The molecule has 1 saturated heterocycles. The number of rotatable bonds is 1. The molecule has 0 unspecified atom stereocenters. The van der Waals surface area contributed by atoms with Crippen LogP contribution in [0.2, 0.25) is 0 Å². The number of nitrogens with two attached hydrogens (primary N) is 1. The van der Waals surface area contributed by atoms with Crippen LogP contribution >= 0.6 is 0 Å². The minimum atomic E-state index is 0.148. The van der Waals surface area contributed by atoms with E-state index in [1.54, 1.807) is 12.4 Å². The maximum absolute atomic E-state index is 9.14. The molecule has 3 atom stereocenters. The Morgan fingerprint density at radius 1 is 1.41 bits per heavy atom. The molecule has 0 amide bonds. The Labute approximate surface area is 102 Å². The number of nitriles is 1. The van der Waals surface area contributed by atoms with Gasteiger partial charge in [-0.3, -0.25) is 4.98 Å². The summed E-state index contributed by atoms with van der Waals surface area (Å²) in [4.78, 5) is 6.27. The van der Waals surface area contributed by atoms with E-state index in [-0.39, 0.29) is 5.92 Å². The van der Waals surface area contributed by atoms with Gasteiger partial charge < -0.3 is 10.6 Å². The standard InChI is InChI=1S/C13H18N4/c1-9-7-17(8-10(2)11(9)5-14)13-3-4-16-6-12(13)15/h3-4,6,9-11H,7-8,15H2,1-2H3/t9-,10+,11-. The lowest BCUT2D eigenvalue weighted by Crippen LogP contribution is -2.44. The van der Waals surface area contributed by atoms with Crippen LogP contribution in [0.1, 0.15) is 13.8 Å². The molecule has 4 heteroatoms. The molecule has 0 saturated carbocycles. The second-order valence-corrected chi connectivity index (χ2v) is 4.95. The van der Waals surface area contributed by atoms with Gasteiger partial charge in [0.15, 0.2) is 0 Å². The number of hydrogen-bond donors (Lipinski definition) is 1. The van der Waals surface area contributed by atoms with Gasteiger partial charge in [0.2, 0.25) is 0 Å². The average molecular weight is 230 g/mol. The lowest BCUT2D eigenvalue weighted by Gasteiger charge is -2.40. The van der Waals surface area contributed by atoms with Crippen LogP contribution in [0.25, 0.3) is 0 Å². The van der Waals surface area contributed by atoms with Crippen LogP contribution in [0.5, 0.6) is 0 Å². The molecule has 2 rings (SSSR count). The first-order valence-electron chi connectivity index (χ1n) is 5.97. The smallest absolute Gasteiger partial charge is 0.0738 e. The van der Waals surface area contributed by atoms with E-state index in [0.29, 0.717) is 17.5 Å².